The Bertz CT molecular complexity index is 3630. The molecule has 1 aliphatic carbocycles. The van der Waals surface area contributed by atoms with Crippen molar-refractivity contribution < 1.29 is 0 Å². The average molecular weight is 873 g/mol. The summed E-state index contributed by atoms with van der Waals surface area (Å²) in [4.78, 5) is 4.56. The molecule has 69 heavy (non-hydrogen) atoms. The third-order valence-electron chi connectivity index (χ3n) is 11.8. The van der Waals surface area contributed by atoms with Crippen LogP contribution in [0.5, 0.6) is 0 Å². The molecule has 0 heterocycles. The van der Waals surface area contributed by atoms with Crippen LogP contribution >= 0.6 is 0 Å². The lowest BCUT2D eigenvalue weighted by atomic mass is 9.78. The molecular weight excluding hydrogens is 833 g/mol. The van der Waals surface area contributed by atoms with Gasteiger partial charge in [0.1, 0.15) is 5.41 Å². The first kappa shape index (κ1) is 44.1. The predicted molar refractivity (Wildman–Crippen MR) is 287 cm³/mol. The number of benzene rings is 8. The zero-order valence-electron chi connectivity index (χ0n) is 38.0. The molecule has 1 aliphatic rings. The SMILES string of the molecule is C#CC#CC#CC#CC1(C#CC#CC#CC#C)c2cc(C)ccc2-c2ccc(-c3ccc(N(c4ccccc4)c4ccc(-c5ccc(N(c6ccccc6)c6ccc(C)cc6)cc5)cc4)cc3)cc21. The van der Waals surface area contributed by atoms with Gasteiger partial charge in [-0.15, -0.1) is 12.8 Å². The predicted octanol–water partition coefficient (Wildman–Crippen LogP) is 14.1. The quantitative estimate of drug-likeness (QED) is 0.140. The Morgan fingerprint density at radius 2 is 0.652 bits per heavy atom. The number of hydrogen-bond acceptors (Lipinski definition) is 2. The smallest absolute Gasteiger partial charge is 0.145 e. The monoisotopic (exact) mass is 872 g/mol. The Labute approximate surface area is 406 Å². The molecule has 0 saturated heterocycles. The summed E-state index contributed by atoms with van der Waals surface area (Å²) in [5, 5.41) is 0. The van der Waals surface area contributed by atoms with Crippen molar-refractivity contribution >= 4 is 34.1 Å². The van der Waals surface area contributed by atoms with Gasteiger partial charge < -0.3 is 9.80 Å². The first-order valence-electron chi connectivity index (χ1n) is 22.3. The van der Waals surface area contributed by atoms with Crippen molar-refractivity contribution in [2.24, 2.45) is 0 Å². The molecule has 0 saturated carbocycles. The van der Waals surface area contributed by atoms with E-state index in [4.69, 9.17) is 12.8 Å². The number of aryl methyl sites for hydroxylation is 2. The highest BCUT2D eigenvalue weighted by molar-refractivity contribution is 5.89. The van der Waals surface area contributed by atoms with Crippen LogP contribution in [0.25, 0.3) is 33.4 Å². The number of nitrogens with zero attached hydrogens (tertiary/aromatic N) is 2. The van der Waals surface area contributed by atoms with E-state index in [9.17, 15) is 0 Å². The Balaban J connectivity index is 1.04. The number of para-hydroxylation sites is 2. The first-order valence-corrected chi connectivity index (χ1v) is 22.3. The van der Waals surface area contributed by atoms with Crippen molar-refractivity contribution in [2.45, 2.75) is 19.3 Å². The van der Waals surface area contributed by atoms with Gasteiger partial charge in [-0.3, -0.25) is 0 Å². The van der Waals surface area contributed by atoms with E-state index in [0.29, 0.717) is 0 Å². The van der Waals surface area contributed by atoms with Gasteiger partial charge in [0.2, 0.25) is 0 Å². The number of hydrogen-bond donors (Lipinski definition) is 0. The maximum absolute atomic E-state index is 5.30. The maximum Gasteiger partial charge on any atom is 0.145 e. The summed E-state index contributed by atoms with van der Waals surface area (Å²) in [6.45, 7) is 4.17. The van der Waals surface area contributed by atoms with E-state index in [1.807, 2.05) is 12.1 Å². The topological polar surface area (TPSA) is 6.48 Å². The highest BCUT2D eigenvalue weighted by Crippen LogP contribution is 2.50. The molecule has 9 rings (SSSR count). The maximum atomic E-state index is 5.30. The van der Waals surface area contributed by atoms with E-state index in [2.05, 4.69) is 289 Å². The molecule has 0 unspecified atom stereocenters. The summed E-state index contributed by atoms with van der Waals surface area (Å²) >= 11 is 0. The van der Waals surface area contributed by atoms with Gasteiger partial charge in [0.15, 0.2) is 0 Å². The van der Waals surface area contributed by atoms with Crippen LogP contribution in [0.3, 0.4) is 0 Å². The van der Waals surface area contributed by atoms with Gasteiger partial charge >= 0.3 is 0 Å². The first-order chi connectivity index (χ1) is 34.0. The van der Waals surface area contributed by atoms with Crippen LogP contribution in [-0.2, 0) is 5.41 Å². The molecule has 8 aromatic rings. The van der Waals surface area contributed by atoms with Crippen LogP contribution in [0.4, 0.5) is 34.1 Å². The normalized spacial score (nSPS) is 10.7. The Kier molecular flexibility index (Phi) is 13.0. The standard InChI is InChI=1S/C67H40N2/c1-5-7-9-11-13-21-47-67(48-22-14-12-10-8-6-2)65-49-52(4)29-45-63(65)64-46-36-56(50-66(64)67)55-34-43-62(44-35-55)69(58-25-19-16-20-26-58)61-41-32-54(33-42-61)53-30-39-60(40-31-53)68(57-23-17-15-18-24-57)59-37-27-51(3)28-38-59/h1-2,15-20,23-46,49-50H,3-4H3. The zero-order chi connectivity index (χ0) is 47.4. The van der Waals surface area contributed by atoms with Crippen molar-refractivity contribution in [3.8, 4) is 129 Å². The fraction of sp³-hybridized carbons (Fsp3) is 0.0448. The van der Waals surface area contributed by atoms with E-state index in [0.717, 1.165) is 84.2 Å². The van der Waals surface area contributed by atoms with E-state index >= 15 is 0 Å². The molecule has 8 aromatic carbocycles. The van der Waals surface area contributed by atoms with Gasteiger partial charge in [0.25, 0.3) is 0 Å². The van der Waals surface area contributed by atoms with Crippen LogP contribution in [0.1, 0.15) is 22.3 Å². The highest BCUT2D eigenvalue weighted by Gasteiger charge is 2.41. The average Bonchev–Trinajstić information content (AvgIpc) is 3.65. The molecule has 0 radical (unpaired) electrons. The van der Waals surface area contributed by atoms with E-state index in [1.165, 1.54) is 5.56 Å². The molecule has 0 aliphatic heterocycles. The summed E-state index contributed by atoms with van der Waals surface area (Å²) < 4.78 is 0. The van der Waals surface area contributed by atoms with Gasteiger partial charge in [-0.2, -0.15) is 0 Å². The van der Waals surface area contributed by atoms with E-state index < -0.39 is 5.41 Å². The summed E-state index contributed by atoms with van der Waals surface area (Å²) in [6, 6.07) is 68.6. The Hall–Kier alpha value is -10.2. The lowest BCUT2D eigenvalue weighted by Gasteiger charge is -2.26. The molecule has 0 amide bonds. The third-order valence-corrected chi connectivity index (χ3v) is 11.8. The van der Waals surface area contributed by atoms with E-state index in [-0.39, 0.29) is 0 Å². The lowest BCUT2D eigenvalue weighted by molar-refractivity contribution is 0.916. The fourth-order valence-electron chi connectivity index (χ4n) is 8.58. The molecule has 0 bridgehead atoms. The van der Waals surface area contributed by atoms with Crippen LogP contribution in [0.2, 0.25) is 0 Å². The second-order valence-corrected chi connectivity index (χ2v) is 16.2. The minimum absolute atomic E-state index is 0.943. The Morgan fingerprint density at radius 1 is 0.319 bits per heavy atom. The molecule has 0 atom stereocenters. The van der Waals surface area contributed by atoms with Crippen molar-refractivity contribution in [3.63, 3.8) is 0 Å². The number of terminal acetylenes is 2. The third kappa shape index (κ3) is 9.49. The number of anilines is 6. The van der Waals surface area contributed by atoms with Crippen molar-refractivity contribution in [2.75, 3.05) is 9.80 Å². The van der Waals surface area contributed by atoms with Gasteiger partial charge in [0.05, 0.1) is 0 Å². The molecule has 318 valence electrons. The van der Waals surface area contributed by atoms with Crippen LogP contribution in [-0.4, -0.2) is 0 Å². The van der Waals surface area contributed by atoms with Crippen molar-refractivity contribution in [1.82, 2.24) is 0 Å². The summed E-state index contributed by atoms with van der Waals surface area (Å²) in [7, 11) is 0. The van der Waals surface area contributed by atoms with Crippen LogP contribution in [0, 0.1) is 110 Å². The summed E-state index contributed by atoms with van der Waals surface area (Å²) in [6.07, 6.45) is 10.6. The summed E-state index contributed by atoms with van der Waals surface area (Å²) in [5.74, 6) is 39.0. The van der Waals surface area contributed by atoms with Gasteiger partial charge in [-0.1, -0.05) is 138 Å². The van der Waals surface area contributed by atoms with E-state index in [1.54, 1.807) is 0 Å². The van der Waals surface area contributed by atoms with Gasteiger partial charge in [0, 0.05) is 34.1 Å². The zero-order valence-corrected chi connectivity index (χ0v) is 38.0. The fourth-order valence-corrected chi connectivity index (χ4v) is 8.58. The molecule has 2 heteroatoms. The molecular formula is C67H40N2. The minimum atomic E-state index is -1.04. The Morgan fingerprint density at radius 3 is 1.10 bits per heavy atom. The molecule has 0 aromatic heterocycles. The van der Waals surface area contributed by atoms with Gasteiger partial charge in [-0.05, 0) is 208 Å². The molecule has 0 spiro atoms. The lowest BCUT2D eigenvalue weighted by Crippen LogP contribution is -2.21. The van der Waals surface area contributed by atoms with Crippen molar-refractivity contribution in [1.29, 1.82) is 0 Å². The number of rotatable bonds is 8. The highest BCUT2D eigenvalue weighted by atomic mass is 15.1. The van der Waals surface area contributed by atoms with Crippen molar-refractivity contribution in [3.05, 3.63) is 216 Å². The van der Waals surface area contributed by atoms with Gasteiger partial charge in [-0.25, -0.2) is 0 Å². The second kappa shape index (κ2) is 20.3. The minimum Gasteiger partial charge on any atom is -0.311 e. The van der Waals surface area contributed by atoms with Crippen LogP contribution in [0.15, 0.2) is 194 Å². The number of fused-ring (bicyclic) bond motifs is 3. The van der Waals surface area contributed by atoms with Crippen LogP contribution < -0.4 is 9.80 Å². The largest absolute Gasteiger partial charge is 0.311 e. The second-order valence-electron chi connectivity index (χ2n) is 16.2. The summed E-state index contributed by atoms with van der Waals surface area (Å²) in [5.41, 5.74) is 16.0. The molecule has 2 nitrogen and oxygen atoms in total. The molecule has 0 fully saturated rings. The molecule has 0 N–H and O–H groups in total.